The van der Waals surface area contributed by atoms with E-state index < -0.39 is 6.10 Å². The summed E-state index contributed by atoms with van der Waals surface area (Å²) in [6.07, 6.45) is -0.492. The number of rotatable bonds is 4. The standard InChI is InChI=1S/C15H15ClOS/c1-11-5-2-3-8-15(11)18-10-14(17)12-6-4-7-13(16)9-12/h2-9,14,17H,10H2,1H3. The molecule has 0 saturated carbocycles. The molecule has 3 heteroatoms. The van der Waals surface area contributed by atoms with Crippen molar-refractivity contribution in [2.45, 2.75) is 17.9 Å². The molecule has 0 aliphatic carbocycles. The van der Waals surface area contributed by atoms with Crippen molar-refractivity contribution < 1.29 is 5.11 Å². The number of aliphatic hydroxyl groups excluding tert-OH is 1. The Morgan fingerprint density at radius 3 is 2.67 bits per heavy atom. The molecule has 2 aromatic rings. The lowest BCUT2D eigenvalue weighted by atomic mass is 10.1. The second-order valence-electron chi connectivity index (χ2n) is 4.15. The van der Waals surface area contributed by atoms with E-state index in [9.17, 15) is 5.11 Å². The average Bonchev–Trinajstić information content (AvgIpc) is 2.37. The van der Waals surface area contributed by atoms with Gasteiger partial charge < -0.3 is 5.11 Å². The van der Waals surface area contributed by atoms with Crippen molar-refractivity contribution in [2.24, 2.45) is 0 Å². The molecule has 1 atom stereocenters. The van der Waals surface area contributed by atoms with E-state index in [1.165, 1.54) is 10.5 Å². The number of aryl methyl sites for hydroxylation is 1. The molecule has 1 nitrogen and oxygen atoms in total. The summed E-state index contributed by atoms with van der Waals surface area (Å²) >= 11 is 7.58. The van der Waals surface area contributed by atoms with Crippen molar-refractivity contribution >= 4 is 23.4 Å². The number of halogens is 1. The number of hydrogen-bond donors (Lipinski definition) is 1. The second kappa shape index (κ2) is 6.28. The van der Waals surface area contributed by atoms with Crippen LogP contribution >= 0.6 is 23.4 Å². The Bertz CT molecular complexity index is 527. The highest BCUT2D eigenvalue weighted by atomic mass is 35.5. The van der Waals surface area contributed by atoms with E-state index in [0.717, 1.165) is 5.56 Å². The third-order valence-electron chi connectivity index (χ3n) is 2.72. The molecule has 0 radical (unpaired) electrons. The molecule has 2 rings (SSSR count). The lowest BCUT2D eigenvalue weighted by Gasteiger charge is -2.12. The molecule has 0 spiro atoms. The van der Waals surface area contributed by atoms with Gasteiger partial charge in [-0.05, 0) is 36.2 Å². The van der Waals surface area contributed by atoms with Crippen LogP contribution in [0.25, 0.3) is 0 Å². The van der Waals surface area contributed by atoms with Crippen LogP contribution in [0.1, 0.15) is 17.2 Å². The van der Waals surface area contributed by atoms with Crippen molar-refractivity contribution in [3.05, 3.63) is 64.7 Å². The first kappa shape index (κ1) is 13.5. The van der Waals surface area contributed by atoms with E-state index in [2.05, 4.69) is 19.1 Å². The summed E-state index contributed by atoms with van der Waals surface area (Å²) in [6.45, 7) is 2.08. The highest BCUT2D eigenvalue weighted by molar-refractivity contribution is 7.99. The minimum Gasteiger partial charge on any atom is -0.388 e. The smallest absolute Gasteiger partial charge is 0.0884 e. The van der Waals surface area contributed by atoms with Crippen LogP contribution in [0.15, 0.2) is 53.4 Å². The maximum atomic E-state index is 10.1. The fourth-order valence-electron chi connectivity index (χ4n) is 1.70. The van der Waals surface area contributed by atoms with E-state index in [1.807, 2.05) is 36.4 Å². The highest BCUT2D eigenvalue weighted by Crippen LogP contribution is 2.27. The molecule has 0 aliphatic rings. The van der Waals surface area contributed by atoms with Crippen LogP contribution in [0, 0.1) is 6.92 Å². The Hall–Kier alpha value is -0.960. The Morgan fingerprint density at radius 2 is 1.94 bits per heavy atom. The van der Waals surface area contributed by atoms with Gasteiger partial charge >= 0.3 is 0 Å². The quantitative estimate of drug-likeness (QED) is 0.833. The summed E-state index contributed by atoms with van der Waals surface area (Å²) in [5, 5.41) is 10.8. The zero-order chi connectivity index (χ0) is 13.0. The lowest BCUT2D eigenvalue weighted by molar-refractivity contribution is 0.204. The SMILES string of the molecule is Cc1ccccc1SCC(O)c1cccc(Cl)c1. The molecule has 0 heterocycles. The minimum absolute atomic E-state index is 0.492. The number of benzene rings is 2. The van der Waals surface area contributed by atoms with E-state index in [-0.39, 0.29) is 0 Å². The fraction of sp³-hybridized carbons (Fsp3) is 0.200. The molecule has 0 saturated heterocycles. The van der Waals surface area contributed by atoms with Gasteiger partial charge in [0.1, 0.15) is 0 Å². The van der Waals surface area contributed by atoms with Gasteiger partial charge in [0.05, 0.1) is 6.10 Å². The predicted octanol–water partition coefficient (Wildman–Crippen LogP) is 4.47. The lowest BCUT2D eigenvalue weighted by Crippen LogP contribution is -2.00. The molecule has 0 bridgehead atoms. The molecule has 0 fully saturated rings. The topological polar surface area (TPSA) is 20.2 Å². The Balaban J connectivity index is 2.00. The van der Waals surface area contributed by atoms with E-state index >= 15 is 0 Å². The predicted molar refractivity (Wildman–Crippen MR) is 78.3 cm³/mol. The van der Waals surface area contributed by atoms with Crippen molar-refractivity contribution in [3.8, 4) is 0 Å². The Labute approximate surface area is 117 Å². The van der Waals surface area contributed by atoms with Gasteiger partial charge in [-0.25, -0.2) is 0 Å². The molecule has 94 valence electrons. The van der Waals surface area contributed by atoms with Crippen LogP contribution in [0.3, 0.4) is 0 Å². The van der Waals surface area contributed by atoms with Gasteiger partial charge in [-0.1, -0.05) is 41.9 Å². The first-order valence-electron chi connectivity index (χ1n) is 5.79. The van der Waals surface area contributed by atoms with Crippen molar-refractivity contribution in [1.29, 1.82) is 0 Å². The van der Waals surface area contributed by atoms with Crippen molar-refractivity contribution in [3.63, 3.8) is 0 Å². The molecule has 18 heavy (non-hydrogen) atoms. The van der Waals surface area contributed by atoms with Crippen LogP contribution in [-0.4, -0.2) is 10.9 Å². The van der Waals surface area contributed by atoms with Crippen LogP contribution in [0.4, 0.5) is 0 Å². The summed E-state index contributed by atoms with van der Waals surface area (Å²) < 4.78 is 0. The van der Waals surface area contributed by atoms with Gasteiger partial charge in [-0.15, -0.1) is 11.8 Å². The zero-order valence-electron chi connectivity index (χ0n) is 10.1. The number of thioether (sulfide) groups is 1. The molecule has 2 aromatic carbocycles. The van der Waals surface area contributed by atoms with Crippen LogP contribution in [0.5, 0.6) is 0 Å². The molecule has 0 aliphatic heterocycles. The van der Waals surface area contributed by atoms with Gasteiger partial charge in [-0.2, -0.15) is 0 Å². The number of hydrogen-bond acceptors (Lipinski definition) is 2. The summed E-state index contributed by atoms with van der Waals surface area (Å²) in [5.41, 5.74) is 2.10. The van der Waals surface area contributed by atoms with Gasteiger partial charge in [0.15, 0.2) is 0 Å². The van der Waals surface area contributed by atoms with Gasteiger partial charge in [-0.3, -0.25) is 0 Å². The monoisotopic (exact) mass is 278 g/mol. The van der Waals surface area contributed by atoms with Crippen LogP contribution < -0.4 is 0 Å². The zero-order valence-corrected chi connectivity index (χ0v) is 11.7. The Morgan fingerprint density at radius 1 is 1.17 bits per heavy atom. The van der Waals surface area contributed by atoms with Crippen LogP contribution in [-0.2, 0) is 0 Å². The molecular weight excluding hydrogens is 264 g/mol. The minimum atomic E-state index is -0.492. The first-order chi connectivity index (χ1) is 8.66. The van der Waals surface area contributed by atoms with E-state index in [0.29, 0.717) is 10.8 Å². The highest BCUT2D eigenvalue weighted by Gasteiger charge is 2.09. The fourth-order valence-corrected chi connectivity index (χ4v) is 2.90. The first-order valence-corrected chi connectivity index (χ1v) is 7.15. The maximum absolute atomic E-state index is 10.1. The van der Waals surface area contributed by atoms with Crippen molar-refractivity contribution in [1.82, 2.24) is 0 Å². The van der Waals surface area contributed by atoms with Crippen LogP contribution in [0.2, 0.25) is 5.02 Å². The van der Waals surface area contributed by atoms with E-state index in [4.69, 9.17) is 11.6 Å². The molecule has 1 unspecified atom stereocenters. The summed E-state index contributed by atoms with van der Waals surface area (Å²) in [7, 11) is 0. The summed E-state index contributed by atoms with van der Waals surface area (Å²) in [6, 6.07) is 15.6. The molecular formula is C15H15ClOS. The molecule has 1 N–H and O–H groups in total. The molecule has 0 aromatic heterocycles. The second-order valence-corrected chi connectivity index (χ2v) is 5.65. The van der Waals surface area contributed by atoms with Gasteiger partial charge in [0, 0.05) is 15.7 Å². The summed E-state index contributed by atoms with van der Waals surface area (Å²) in [5.74, 6) is 0.630. The van der Waals surface area contributed by atoms with Gasteiger partial charge in [0.2, 0.25) is 0 Å². The third kappa shape index (κ3) is 3.52. The van der Waals surface area contributed by atoms with Gasteiger partial charge in [0.25, 0.3) is 0 Å². The summed E-state index contributed by atoms with van der Waals surface area (Å²) in [4.78, 5) is 1.21. The number of aliphatic hydroxyl groups is 1. The van der Waals surface area contributed by atoms with E-state index in [1.54, 1.807) is 11.8 Å². The molecule has 0 amide bonds. The average molecular weight is 279 g/mol. The van der Waals surface area contributed by atoms with Crippen molar-refractivity contribution in [2.75, 3.05) is 5.75 Å². The normalized spacial score (nSPS) is 12.4. The Kier molecular flexibility index (Phi) is 4.70. The maximum Gasteiger partial charge on any atom is 0.0884 e. The largest absolute Gasteiger partial charge is 0.388 e. The third-order valence-corrected chi connectivity index (χ3v) is 4.21.